The number of hydrogen-bond donors (Lipinski definition) is 1. The third kappa shape index (κ3) is 5.09. The van der Waals surface area contributed by atoms with E-state index in [4.69, 9.17) is 15.8 Å². The third-order valence-electron chi connectivity index (χ3n) is 3.72. The maximum absolute atomic E-state index is 12.5. The highest BCUT2D eigenvalue weighted by atomic mass is 35.5. The Hall–Kier alpha value is -3.43. The van der Waals surface area contributed by atoms with Crippen molar-refractivity contribution >= 4 is 39.0 Å². The molecule has 8 nitrogen and oxygen atoms in total. The van der Waals surface area contributed by atoms with E-state index in [0.29, 0.717) is 5.02 Å². The van der Waals surface area contributed by atoms with Crippen LogP contribution < -0.4 is 9.50 Å². The van der Waals surface area contributed by atoms with E-state index in [2.05, 4.69) is 5.32 Å². The van der Waals surface area contributed by atoms with E-state index in [1.165, 1.54) is 66.7 Å². The second kappa shape index (κ2) is 8.29. The van der Waals surface area contributed by atoms with E-state index in [-0.39, 0.29) is 27.6 Å². The molecular weight excluding hydrogens is 420 g/mol. The molecule has 1 N–H and O–H groups in total. The molecule has 0 aromatic heterocycles. The van der Waals surface area contributed by atoms with E-state index in [0.717, 1.165) is 6.07 Å². The van der Waals surface area contributed by atoms with Gasteiger partial charge in [0, 0.05) is 28.4 Å². The number of carbonyl (C=O) groups excluding carboxylic acids is 1. The first-order valence-electron chi connectivity index (χ1n) is 8.10. The summed E-state index contributed by atoms with van der Waals surface area (Å²) in [6.45, 7) is 0. The van der Waals surface area contributed by atoms with E-state index in [1.807, 2.05) is 0 Å². The van der Waals surface area contributed by atoms with E-state index in [9.17, 15) is 23.3 Å². The molecule has 0 fully saturated rings. The molecule has 0 spiro atoms. The Morgan fingerprint density at radius 1 is 1.00 bits per heavy atom. The molecule has 0 aliphatic heterocycles. The highest BCUT2D eigenvalue weighted by Gasteiger charge is 2.19. The molecule has 1 amide bonds. The van der Waals surface area contributed by atoms with Crippen molar-refractivity contribution in [2.24, 2.45) is 0 Å². The number of amides is 1. The molecule has 0 aliphatic carbocycles. The lowest BCUT2D eigenvalue weighted by Crippen LogP contribution is -2.14. The van der Waals surface area contributed by atoms with Gasteiger partial charge in [-0.2, -0.15) is 8.42 Å². The Kier molecular flexibility index (Phi) is 5.81. The van der Waals surface area contributed by atoms with Gasteiger partial charge in [0.25, 0.3) is 11.6 Å². The number of nitro groups is 1. The van der Waals surface area contributed by atoms with Gasteiger partial charge in [0.2, 0.25) is 0 Å². The smallest absolute Gasteiger partial charge is 0.339 e. The van der Waals surface area contributed by atoms with Gasteiger partial charge in [0.15, 0.2) is 0 Å². The summed E-state index contributed by atoms with van der Waals surface area (Å²) in [7, 11) is -4.19. The molecule has 0 atom stereocenters. The second-order valence-electron chi connectivity index (χ2n) is 5.78. The van der Waals surface area contributed by atoms with Crippen LogP contribution in [0.2, 0.25) is 5.02 Å². The van der Waals surface area contributed by atoms with Crippen molar-refractivity contribution in [3.63, 3.8) is 0 Å². The Morgan fingerprint density at radius 2 is 1.69 bits per heavy atom. The molecule has 29 heavy (non-hydrogen) atoms. The Labute approximate surface area is 171 Å². The van der Waals surface area contributed by atoms with Gasteiger partial charge < -0.3 is 9.50 Å². The van der Waals surface area contributed by atoms with E-state index in [1.54, 1.807) is 0 Å². The van der Waals surface area contributed by atoms with Crippen molar-refractivity contribution in [3.8, 4) is 5.75 Å². The van der Waals surface area contributed by atoms with Crippen LogP contribution in [-0.2, 0) is 10.1 Å². The van der Waals surface area contributed by atoms with Crippen LogP contribution in [0, 0.1) is 10.1 Å². The van der Waals surface area contributed by atoms with Gasteiger partial charge in [0.1, 0.15) is 10.6 Å². The van der Waals surface area contributed by atoms with Crippen molar-refractivity contribution in [2.45, 2.75) is 4.90 Å². The van der Waals surface area contributed by atoms with Crippen LogP contribution in [0.15, 0.2) is 77.7 Å². The molecule has 0 aliphatic rings. The van der Waals surface area contributed by atoms with Crippen molar-refractivity contribution in [1.29, 1.82) is 0 Å². The minimum atomic E-state index is -4.19. The number of nitrogens with one attached hydrogen (secondary N) is 1. The Morgan fingerprint density at radius 3 is 2.38 bits per heavy atom. The van der Waals surface area contributed by atoms with Crippen molar-refractivity contribution < 1.29 is 22.3 Å². The minimum absolute atomic E-state index is 0.0392. The van der Waals surface area contributed by atoms with Crippen LogP contribution in [0.25, 0.3) is 0 Å². The fourth-order valence-electron chi connectivity index (χ4n) is 2.36. The zero-order chi connectivity index (χ0) is 21.0. The topological polar surface area (TPSA) is 116 Å². The molecule has 3 aromatic carbocycles. The monoisotopic (exact) mass is 432 g/mol. The lowest BCUT2D eigenvalue weighted by Gasteiger charge is -2.09. The lowest BCUT2D eigenvalue weighted by molar-refractivity contribution is -0.384. The van der Waals surface area contributed by atoms with Gasteiger partial charge in [0.05, 0.1) is 4.92 Å². The normalized spacial score (nSPS) is 10.9. The molecule has 0 bridgehead atoms. The molecular formula is C19H13ClN2O6S. The number of nitro benzene ring substituents is 1. The summed E-state index contributed by atoms with van der Waals surface area (Å²) in [5.41, 5.74) is 0.0580. The summed E-state index contributed by atoms with van der Waals surface area (Å²) in [4.78, 5) is 22.5. The van der Waals surface area contributed by atoms with Gasteiger partial charge >= 0.3 is 10.1 Å². The van der Waals surface area contributed by atoms with E-state index >= 15 is 0 Å². The molecule has 10 heteroatoms. The first-order chi connectivity index (χ1) is 13.7. The molecule has 0 saturated heterocycles. The average Bonchev–Trinajstić information content (AvgIpc) is 2.70. The second-order valence-corrected chi connectivity index (χ2v) is 7.76. The van der Waals surface area contributed by atoms with Crippen LogP contribution in [0.1, 0.15) is 10.4 Å². The summed E-state index contributed by atoms with van der Waals surface area (Å²) in [5.74, 6) is -0.560. The summed E-state index contributed by atoms with van der Waals surface area (Å²) in [6.07, 6.45) is 0. The highest BCUT2D eigenvalue weighted by molar-refractivity contribution is 7.87. The van der Waals surface area contributed by atoms with Crippen LogP contribution in [-0.4, -0.2) is 19.2 Å². The maximum Gasteiger partial charge on any atom is 0.339 e. The van der Waals surface area contributed by atoms with Crippen LogP contribution in [0.5, 0.6) is 5.75 Å². The quantitative estimate of drug-likeness (QED) is 0.353. The lowest BCUT2D eigenvalue weighted by atomic mass is 10.2. The summed E-state index contributed by atoms with van der Waals surface area (Å²) < 4.78 is 30.0. The van der Waals surface area contributed by atoms with Gasteiger partial charge in [-0.05, 0) is 48.5 Å². The number of benzene rings is 3. The van der Waals surface area contributed by atoms with Crippen LogP contribution in [0.3, 0.4) is 0 Å². The molecule has 0 radical (unpaired) electrons. The Balaban J connectivity index is 1.81. The number of nitrogens with zero attached hydrogens (tertiary/aromatic N) is 1. The highest BCUT2D eigenvalue weighted by Crippen LogP contribution is 2.22. The predicted octanol–water partition coefficient (Wildman–Crippen LogP) is 4.27. The van der Waals surface area contributed by atoms with E-state index < -0.39 is 20.9 Å². The number of halogens is 1. The number of anilines is 1. The summed E-state index contributed by atoms with van der Waals surface area (Å²) in [6, 6.07) is 16.4. The van der Waals surface area contributed by atoms with Crippen molar-refractivity contribution in [3.05, 3.63) is 93.5 Å². The zero-order valence-corrected chi connectivity index (χ0v) is 16.2. The number of carbonyl (C=O) groups is 1. The summed E-state index contributed by atoms with van der Waals surface area (Å²) >= 11 is 5.76. The van der Waals surface area contributed by atoms with Gasteiger partial charge in [-0.15, -0.1) is 0 Å². The largest absolute Gasteiger partial charge is 0.379 e. The molecule has 3 aromatic rings. The van der Waals surface area contributed by atoms with Gasteiger partial charge in [-0.3, -0.25) is 14.9 Å². The first kappa shape index (κ1) is 20.3. The summed E-state index contributed by atoms with van der Waals surface area (Å²) in [5, 5.41) is 13.8. The zero-order valence-electron chi connectivity index (χ0n) is 14.6. The van der Waals surface area contributed by atoms with Gasteiger partial charge in [-0.1, -0.05) is 23.7 Å². The minimum Gasteiger partial charge on any atom is -0.379 e. The molecule has 148 valence electrons. The number of rotatable bonds is 6. The first-order valence-corrected chi connectivity index (χ1v) is 9.89. The molecule has 0 unspecified atom stereocenters. The number of hydrogen-bond acceptors (Lipinski definition) is 6. The maximum atomic E-state index is 12.5. The predicted molar refractivity (Wildman–Crippen MR) is 107 cm³/mol. The standard InChI is InChI=1S/C19H13ClN2O6S/c20-14-7-9-17(10-8-14)28-29(26,27)18-6-1-3-13(11-18)19(23)21-15-4-2-5-16(12-15)22(24)25/h1-12H,(H,21,23). The molecule has 3 rings (SSSR count). The SMILES string of the molecule is O=C(Nc1cccc([N+](=O)[O-])c1)c1cccc(S(=O)(=O)Oc2ccc(Cl)cc2)c1. The van der Waals surface area contributed by atoms with Crippen molar-refractivity contribution in [2.75, 3.05) is 5.32 Å². The molecule has 0 heterocycles. The van der Waals surface area contributed by atoms with Crippen LogP contribution in [0.4, 0.5) is 11.4 Å². The fraction of sp³-hybridized carbons (Fsp3) is 0. The van der Waals surface area contributed by atoms with Crippen molar-refractivity contribution in [1.82, 2.24) is 0 Å². The van der Waals surface area contributed by atoms with Crippen LogP contribution >= 0.6 is 11.6 Å². The fourth-order valence-corrected chi connectivity index (χ4v) is 3.46. The molecule has 0 saturated carbocycles. The third-order valence-corrected chi connectivity index (χ3v) is 5.21. The Bertz CT molecular complexity index is 1180. The average molecular weight is 433 g/mol. The van der Waals surface area contributed by atoms with Gasteiger partial charge in [-0.25, -0.2) is 0 Å². The number of non-ortho nitro benzene ring substituents is 1.